The number of β-amino-alcohol motifs (C(OH)–C–C–N with tert-alkyl or cyclic N) is 1. The second kappa shape index (κ2) is 6.14. The molecule has 2 fully saturated rings. The van der Waals surface area contributed by atoms with Crippen LogP contribution in [-0.4, -0.2) is 27.8 Å². The number of nitrogens with zero attached hydrogens (tertiary/aromatic N) is 2. The molecule has 4 rings (SSSR count). The number of likely N-dealkylation sites (tertiary alicyclic amines) is 1. The van der Waals surface area contributed by atoms with E-state index in [4.69, 9.17) is 4.52 Å². The maximum atomic E-state index is 13.0. The van der Waals surface area contributed by atoms with Crippen LogP contribution >= 0.6 is 0 Å². The highest BCUT2D eigenvalue weighted by atomic mass is 19.4. The summed E-state index contributed by atoms with van der Waals surface area (Å²) >= 11 is 0. The molecule has 25 heavy (non-hydrogen) atoms. The number of aromatic nitrogens is 1. The predicted molar refractivity (Wildman–Crippen MR) is 83.7 cm³/mol. The van der Waals surface area contributed by atoms with Gasteiger partial charge in [-0.05, 0) is 37.0 Å². The summed E-state index contributed by atoms with van der Waals surface area (Å²) in [6, 6.07) is 5.13. The molecule has 2 heterocycles. The Morgan fingerprint density at radius 3 is 2.80 bits per heavy atom. The molecule has 1 aromatic heterocycles. The van der Waals surface area contributed by atoms with Crippen molar-refractivity contribution < 1.29 is 22.8 Å². The number of rotatable bonds is 4. The molecule has 2 aromatic rings. The van der Waals surface area contributed by atoms with Crippen molar-refractivity contribution in [1.82, 2.24) is 10.1 Å². The van der Waals surface area contributed by atoms with Gasteiger partial charge in [-0.2, -0.15) is 13.2 Å². The Hall–Kier alpha value is -1.86. The van der Waals surface area contributed by atoms with Gasteiger partial charge in [0.1, 0.15) is 5.76 Å². The smallest absolute Gasteiger partial charge is 0.392 e. The lowest BCUT2D eigenvalue weighted by Crippen LogP contribution is -2.24. The molecule has 0 amide bonds. The summed E-state index contributed by atoms with van der Waals surface area (Å²) in [5.41, 5.74) is 0.888. The number of aliphatic hydroxyl groups is 1. The molecule has 0 radical (unpaired) electrons. The molecule has 0 bridgehead atoms. The molecule has 1 N–H and O–H groups in total. The Kier molecular flexibility index (Phi) is 4.08. The number of aliphatic hydroxyl groups excluding tert-OH is 1. The van der Waals surface area contributed by atoms with Crippen molar-refractivity contribution in [1.29, 1.82) is 0 Å². The second-order valence-electron chi connectivity index (χ2n) is 6.95. The van der Waals surface area contributed by atoms with Crippen LogP contribution in [0.15, 0.2) is 35.0 Å². The third kappa shape index (κ3) is 3.43. The minimum Gasteiger partial charge on any atom is -0.392 e. The Balaban J connectivity index is 1.58. The van der Waals surface area contributed by atoms with Crippen LogP contribution in [0.4, 0.5) is 13.2 Å². The highest BCUT2D eigenvalue weighted by Gasteiger charge is 2.37. The Morgan fingerprint density at radius 1 is 1.28 bits per heavy atom. The van der Waals surface area contributed by atoms with Gasteiger partial charge in [-0.15, -0.1) is 0 Å². The van der Waals surface area contributed by atoms with Gasteiger partial charge in [-0.1, -0.05) is 17.3 Å². The fourth-order valence-electron chi connectivity index (χ4n) is 3.61. The topological polar surface area (TPSA) is 49.5 Å². The van der Waals surface area contributed by atoms with E-state index in [2.05, 4.69) is 5.16 Å². The van der Waals surface area contributed by atoms with Crippen LogP contribution in [0.25, 0.3) is 0 Å². The summed E-state index contributed by atoms with van der Waals surface area (Å²) in [7, 11) is 0. The molecule has 1 aromatic carbocycles. The number of hydrogen-bond donors (Lipinski definition) is 1. The summed E-state index contributed by atoms with van der Waals surface area (Å²) in [5, 5.41) is 14.0. The van der Waals surface area contributed by atoms with E-state index in [0.717, 1.165) is 30.2 Å². The predicted octanol–water partition coefficient (Wildman–Crippen LogP) is 3.88. The summed E-state index contributed by atoms with van der Waals surface area (Å²) in [4.78, 5) is 2.01. The first-order valence-electron chi connectivity index (χ1n) is 8.44. The molecule has 1 saturated carbocycles. The zero-order chi connectivity index (χ0) is 17.6. The lowest BCUT2D eigenvalue weighted by molar-refractivity contribution is -0.137. The largest absolute Gasteiger partial charge is 0.416 e. The number of hydrogen-bond acceptors (Lipinski definition) is 4. The van der Waals surface area contributed by atoms with Gasteiger partial charge in [0.2, 0.25) is 0 Å². The summed E-state index contributed by atoms with van der Waals surface area (Å²) < 4.78 is 44.3. The van der Waals surface area contributed by atoms with Crippen LogP contribution in [0.2, 0.25) is 0 Å². The van der Waals surface area contributed by atoms with Crippen molar-refractivity contribution in [3.8, 4) is 0 Å². The van der Waals surface area contributed by atoms with Gasteiger partial charge in [0, 0.05) is 30.6 Å². The van der Waals surface area contributed by atoms with Gasteiger partial charge in [-0.25, -0.2) is 0 Å². The van der Waals surface area contributed by atoms with Crippen molar-refractivity contribution in [3.63, 3.8) is 0 Å². The fraction of sp³-hybridized carbons (Fsp3) is 0.500. The van der Waals surface area contributed by atoms with Crippen LogP contribution in [0.1, 0.15) is 53.7 Å². The van der Waals surface area contributed by atoms with E-state index in [1.54, 1.807) is 12.3 Å². The Bertz CT molecular complexity index is 755. The molecule has 2 unspecified atom stereocenters. The van der Waals surface area contributed by atoms with Crippen molar-refractivity contribution in [2.75, 3.05) is 6.54 Å². The van der Waals surface area contributed by atoms with Gasteiger partial charge in [0.05, 0.1) is 17.9 Å². The average Bonchev–Trinajstić information content (AvgIpc) is 3.19. The van der Waals surface area contributed by atoms with Crippen LogP contribution in [-0.2, 0) is 12.7 Å². The third-order valence-corrected chi connectivity index (χ3v) is 4.98. The zero-order valence-electron chi connectivity index (χ0n) is 13.5. The normalized spacial score (nSPS) is 24.8. The monoisotopic (exact) mass is 352 g/mol. The first-order chi connectivity index (χ1) is 11.9. The van der Waals surface area contributed by atoms with E-state index in [1.165, 1.54) is 12.1 Å². The highest BCUT2D eigenvalue weighted by molar-refractivity contribution is 5.29. The maximum absolute atomic E-state index is 13.0. The van der Waals surface area contributed by atoms with Crippen molar-refractivity contribution in [2.45, 2.75) is 50.0 Å². The lowest BCUT2D eigenvalue weighted by atomic mass is 10.0. The zero-order valence-corrected chi connectivity index (χ0v) is 13.5. The van der Waals surface area contributed by atoms with Gasteiger partial charge < -0.3 is 9.63 Å². The van der Waals surface area contributed by atoms with E-state index < -0.39 is 17.8 Å². The molecule has 1 aliphatic carbocycles. The molecule has 4 nitrogen and oxygen atoms in total. The van der Waals surface area contributed by atoms with E-state index in [1.807, 2.05) is 4.90 Å². The molecule has 2 atom stereocenters. The standard InChI is InChI=1S/C18H19F3N2O2/c19-18(20,21)14-3-1-2-12(6-14)16-7-15(24)10-23(16)9-13-8-22-25-17(13)11-4-5-11/h1-3,6,8,11,15-16,24H,4-5,7,9-10H2. The molecule has 1 saturated heterocycles. The first-order valence-corrected chi connectivity index (χ1v) is 8.44. The molecular formula is C18H19F3N2O2. The summed E-state index contributed by atoms with van der Waals surface area (Å²) in [6.07, 6.45) is -0.647. The quantitative estimate of drug-likeness (QED) is 0.907. The SMILES string of the molecule is OC1CC(c2cccc(C(F)(F)F)c2)N(Cc2cnoc2C2CC2)C1. The number of alkyl halides is 3. The van der Waals surface area contributed by atoms with Gasteiger partial charge in [0.15, 0.2) is 0 Å². The van der Waals surface area contributed by atoms with Gasteiger partial charge in [-0.3, -0.25) is 4.90 Å². The minimum absolute atomic E-state index is 0.251. The van der Waals surface area contributed by atoms with Crippen LogP contribution in [0.3, 0.4) is 0 Å². The van der Waals surface area contributed by atoms with E-state index >= 15 is 0 Å². The van der Waals surface area contributed by atoms with E-state index in [9.17, 15) is 18.3 Å². The lowest BCUT2D eigenvalue weighted by Gasteiger charge is -2.24. The van der Waals surface area contributed by atoms with Crippen molar-refractivity contribution >= 4 is 0 Å². The fourth-order valence-corrected chi connectivity index (χ4v) is 3.61. The highest BCUT2D eigenvalue weighted by Crippen LogP contribution is 2.43. The van der Waals surface area contributed by atoms with Gasteiger partial charge in [0.25, 0.3) is 0 Å². The molecule has 1 aliphatic heterocycles. The third-order valence-electron chi connectivity index (χ3n) is 4.98. The summed E-state index contributed by atoms with van der Waals surface area (Å²) in [6.45, 7) is 0.948. The Morgan fingerprint density at radius 2 is 2.08 bits per heavy atom. The van der Waals surface area contributed by atoms with Crippen LogP contribution < -0.4 is 0 Å². The van der Waals surface area contributed by atoms with Crippen molar-refractivity contribution in [2.24, 2.45) is 0 Å². The Labute approximate surface area is 143 Å². The second-order valence-corrected chi connectivity index (χ2v) is 6.95. The first kappa shape index (κ1) is 16.6. The van der Waals surface area contributed by atoms with E-state index in [0.29, 0.717) is 31.0 Å². The molecule has 0 spiro atoms. The maximum Gasteiger partial charge on any atom is 0.416 e. The molecule has 7 heteroatoms. The van der Waals surface area contributed by atoms with E-state index in [-0.39, 0.29) is 6.04 Å². The average molecular weight is 352 g/mol. The summed E-state index contributed by atoms with van der Waals surface area (Å²) in [5.74, 6) is 1.29. The minimum atomic E-state index is -4.37. The molecule has 134 valence electrons. The number of benzene rings is 1. The van der Waals surface area contributed by atoms with Gasteiger partial charge >= 0.3 is 6.18 Å². The molecule has 2 aliphatic rings. The number of halogens is 3. The van der Waals surface area contributed by atoms with Crippen molar-refractivity contribution in [3.05, 3.63) is 52.9 Å². The van der Waals surface area contributed by atoms with Crippen LogP contribution in [0, 0.1) is 0 Å². The molecular weight excluding hydrogens is 333 g/mol. The van der Waals surface area contributed by atoms with Crippen LogP contribution in [0.5, 0.6) is 0 Å².